The van der Waals surface area contributed by atoms with Crippen LogP contribution in [0.25, 0.3) is 11.0 Å². The molecule has 1 saturated heterocycles. The van der Waals surface area contributed by atoms with E-state index < -0.39 is 0 Å². The Balaban J connectivity index is 1.44. The van der Waals surface area contributed by atoms with Gasteiger partial charge in [-0.1, -0.05) is 41.9 Å². The molecule has 136 valence electrons. The van der Waals surface area contributed by atoms with E-state index >= 15 is 0 Å². The van der Waals surface area contributed by atoms with Gasteiger partial charge in [0, 0.05) is 18.2 Å². The number of piperidine rings is 1. The lowest BCUT2D eigenvalue weighted by molar-refractivity contribution is 0.0415. The average Bonchev–Trinajstić information content (AvgIpc) is 3.15. The van der Waals surface area contributed by atoms with E-state index in [0.29, 0.717) is 0 Å². The zero-order valence-corrected chi connectivity index (χ0v) is 15.3. The Bertz CT molecular complexity index is 887. The number of rotatable bonds is 5. The van der Waals surface area contributed by atoms with Gasteiger partial charge in [-0.15, -0.1) is 0 Å². The molecule has 26 heavy (non-hydrogen) atoms. The molecule has 4 rings (SSSR count). The van der Waals surface area contributed by atoms with E-state index in [1.807, 2.05) is 30.3 Å². The minimum atomic E-state index is -0.0943. The summed E-state index contributed by atoms with van der Waals surface area (Å²) in [6.07, 6.45) is 2.71. The molecule has 1 aliphatic rings. The second-order valence-corrected chi connectivity index (χ2v) is 7.66. The quantitative estimate of drug-likeness (QED) is 0.741. The fourth-order valence-corrected chi connectivity index (χ4v) is 4.06. The molecule has 1 N–H and O–H groups in total. The van der Waals surface area contributed by atoms with Crippen molar-refractivity contribution >= 4 is 22.6 Å². The van der Waals surface area contributed by atoms with Crippen molar-refractivity contribution in [1.82, 2.24) is 15.2 Å². The van der Waals surface area contributed by atoms with Crippen LogP contribution in [0.2, 0.25) is 5.02 Å². The molecule has 1 aliphatic heterocycles. The van der Waals surface area contributed by atoms with Gasteiger partial charge in [-0.2, -0.15) is 0 Å². The largest absolute Gasteiger partial charge is 0.396 e. The first kappa shape index (κ1) is 17.5. The van der Waals surface area contributed by atoms with Crippen LogP contribution in [0.3, 0.4) is 0 Å². The third kappa shape index (κ3) is 3.47. The lowest BCUT2D eigenvalue weighted by atomic mass is 9.74. The fourth-order valence-electron chi connectivity index (χ4n) is 3.85. The summed E-state index contributed by atoms with van der Waals surface area (Å²) >= 11 is 6.33. The van der Waals surface area contributed by atoms with E-state index in [4.69, 9.17) is 16.2 Å². The second-order valence-electron chi connectivity index (χ2n) is 7.25. The summed E-state index contributed by atoms with van der Waals surface area (Å²) in [5.41, 5.74) is 3.79. The van der Waals surface area contributed by atoms with Gasteiger partial charge in [-0.05, 0) is 71.3 Å². The summed E-state index contributed by atoms with van der Waals surface area (Å²) < 4.78 is 4.86. The molecular formula is C20H22ClN3O2. The van der Waals surface area contributed by atoms with E-state index in [1.54, 1.807) is 0 Å². The van der Waals surface area contributed by atoms with Gasteiger partial charge < -0.3 is 5.11 Å². The van der Waals surface area contributed by atoms with Crippen LogP contribution in [0.15, 0.2) is 47.1 Å². The molecule has 5 nitrogen and oxygen atoms in total. The molecule has 0 atom stereocenters. The van der Waals surface area contributed by atoms with Gasteiger partial charge in [0.05, 0.1) is 0 Å². The standard InChI is InChI=1S/C20H22ClN3O2/c21-17-6-2-1-4-15(17)12-20(14-25)8-10-24(11-9-20)13-16-5-3-7-18-19(16)23-26-22-18/h1-7,25H,8-14H2. The maximum Gasteiger partial charge on any atom is 0.139 e. The summed E-state index contributed by atoms with van der Waals surface area (Å²) in [6, 6.07) is 13.9. The Morgan fingerprint density at radius 2 is 1.81 bits per heavy atom. The van der Waals surface area contributed by atoms with E-state index in [0.717, 1.165) is 66.1 Å². The Morgan fingerprint density at radius 1 is 1.04 bits per heavy atom. The molecule has 0 aliphatic carbocycles. The van der Waals surface area contributed by atoms with Gasteiger partial charge in [0.2, 0.25) is 0 Å². The second kappa shape index (κ2) is 7.35. The van der Waals surface area contributed by atoms with Gasteiger partial charge in [-0.25, -0.2) is 4.63 Å². The molecule has 0 bridgehead atoms. The van der Waals surface area contributed by atoms with Crippen LogP contribution in [0.1, 0.15) is 24.0 Å². The molecule has 0 saturated carbocycles. The Hall–Kier alpha value is -1.95. The monoisotopic (exact) mass is 371 g/mol. The van der Waals surface area contributed by atoms with Crippen molar-refractivity contribution in [3.05, 3.63) is 58.6 Å². The predicted octanol–water partition coefficient (Wildman–Crippen LogP) is 3.69. The summed E-state index contributed by atoms with van der Waals surface area (Å²) in [5.74, 6) is 0. The number of nitrogens with zero attached hydrogens (tertiary/aromatic N) is 3. The topological polar surface area (TPSA) is 62.4 Å². The molecule has 1 aromatic heterocycles. The molecule has 2 aromatic carbocycles. The number of benzene rings is 2. The minimum Gasteiger partial charge on any atom is -0.396 e. The van der Waals surface area contributed by atoms with E-state index in [1.165, 1.54) is 0 Å². The lowest BCUT2D eigenvalue weighted by Gasteiger charge is -2.41. The van der Waals surface area contributed by atoms with Crippen molar-refractivity contribution in [3.63, 3.8) is 0 Å². The smallest absolute Gasteiger partial charge is 0.139 e. The molecule has 3 aromatic rings. The van der Waals surface area contributed by atoms with Crippen molar-refractivity contribution in [2.75, 3.05) is 19.7 Å². The average molecular weight is 372 g/mol. The molecule has 1 fully saturated rings. The Morgan fingerprint density at radius 3 is 2.58 bits per heavy atom. The number of hydrogen-bond donors (Lipinski definition) is 1. The number of aromatic nitrogens is 2. The van der Waals surface area contributed by atoms with Crippen LogP contribution in [-0.4, -0.2) is 40.0 Å². The van der Waals surface area contributed by atoms with Crippen LogP contribution in [-0.2, 0) is 13.0 Å². The zero-order valence-electron chi connectivity index (χ0n) is 14.6. The van der Waals surface area contributed by atoms with Gasteiger partial charge in [0.1, 0.15) is 11.0 Å². The first-order valence-electron chi connectivity index (χ1n) is 8.96. The normalized spacial score (nSPS) is 17.6. The van der Waals surface area contributed by atoms with E-state index in [2.05, 4.69) is 27.3 Å². The number of aliphatic hydroxyl groups is 1. The van der Waals surface area contributed by atoms with Crippen molar-refractivity contribution in [1.29, 1.82) is 0 Å². The fraction of sp³-hybridized carbons (Fsp3) is 0.400. The maximum atomic E-state index is 10.1. The van der Waals surface area contributed by atoms with Gasteiger partial charge in [0.25, 0.3) is 0 Å². The van der Waals surface area contributed by atoms with E-state index in [-0.39, 0.29) is 12.0 Å². The van der Waals surface area contributed by atoms with Crippen LogP contribution in [0.5, 0.6) is 0 Å². The SMILES string of the molecule is OCC1(Cc2ccccc2Cl)CCN(Cc2cccc3nonc23)CC1. The molecule has 0 spiro atoms. The summed E-state index contributed by atoms with van der Waals surface area (Å²) in [7, 11) is 0. The molecule has 0 unspecified atom stereocenters. The highest BCUT2D eigenvalue weighted by Crippen LogP contribution is 2.37. The first-order chi connectivity index (χ1) is 12.7. The van der Waals surface area contributed by atoms with Gasteiger partial charge in [-0.3, -0.25) is 4.90 Å². The molecular weight excluding hydrogens is 350 g/mol. The number of hydrogen-bond acceptors (Lipinski definition) is 5. The highest BCUT2D eigenvalue weighted by atomic mass is 35.5. The summed E-state index contributed by atoms with van der Waals surface area (Å²) in [6.45, 7) is 2.88. The number of fused-ring (bicyclic) bond motifs is 1. The molecule has 0 amide bonds. The lowest BCUT2D eigenvalue weighted by Crippen LogP contribution is -2.43. The predicted molar refractivity (Wildman–Crippen MR) is 101 cm³/mol. The number of aliphatic hydroxyl groups excluding tert-OH is 1. The van der Waals surface area contributed by atoms with Gasteiger partial charge in [0.15, 0.2) is 0 Å². The van der Waals surface area contributed by atoms with Crippen LogP contribution in [0, 0.1) is 5.41 Å². The third-order valence-corrected chi connectivity index (χ3v) is 5.91. The van der Waals surface area contributed by atoms with E-state index in [9.17, 15) is 5.11 Å². The highest BCUT2D eigenvalue weighted by Gasteiger charge is 2.34. The summed E-state index contributed by atoms with van der Waals surface area (Å²) in [5, 5.41) is 18.8. The van der Waals surface area contributed by atoms with Crippen LogP contribution < -0.4 is 0 Å². The van der Waals surface area contributed by atoms with Crippen molar-refractivity contribution in [2.45, 2.75) is 25.8 Å². The van der Waals surface area contributed by atoms with Crippen LogP contribution >= 0.6 is 11.6 Å². The molecule has 0 radical (unpaired) electrons. The minimum absolute atomic E-state index is 0.0943. The Labute approximate surface area is 157 Å². The third-order valence-electron chi connectivity index (χ3n) is 5.54. The van der Waals surface area contributed by atoms with Crippen molar-refractivity contribution < 1.29 is 9.74 Å². The van der Waals surface area contributed by atoms with Crippen LogP contribution in [0.4, 0.5) is 0 Å². The van der Waals surface area contributed by atoms with Crippen molar-refractivity contribution in [2.24, 2.45) is 5.41 Å². The summed E-state index contributed by atoms with van der Waals surface area (Å²) in [4.78, 5) is 2.41. The molecule has 6 heteroatoms. The first-order valence-corrected chi connectivity index (χ1v) is 9.34. The highest BCUT2D eigenvalue weighted by molar-refractivity contribution is 6.31. The number of likely N-dealkylation sites (tertiary alicyclic amines) is 1. The van der Waals surface area contributed by atoms with Gasteiger partial charge >= 0.3 is 0 Å². The zero-order chi connectivity index (χ0) is 18.0. The maximum absolute atomic E-state index is 10.1. The van der Waals surface area contributed by atoms with Crippen molar-refractivity contribution in [3.8, 4) is 0 Å². The Kier molecular flexibility index (Phi) is 4.94. The number of halogens is 1. The molecule has 2 heterocycles.